The molecule has 1 aromatic carbocycles. The van der Waals surface area contributed by atoms with Crippen LogP contribution in [0.25, 0.3) is 0 Å². The van der Waals surface area contributed by atoms with Gasteiger partial charge >= 0.3 is 0 Å². The number of nitrogens with zero attached hydrogens (tertiary/aromatic N) is 1. The maximum absolute atomic E-state index is 12.8. The molecule has 104 valence electrons. The minimum Gasteiger partial charge on any atom is -0.507 e. The van der Waals surface area contributed by atoms with E-state index >= 15 is 0 Å². The van der Waals surface area contributed by atoms with Gasteiger partial charge in [0.1, 0.15) is 11.6 Å². The fraction of sp³-hybridized carbons (Fsp3) is 0.500. The molecule has 1 heterocycles. The number of carbonyl (C=O) groups is 1. The summed E-state index contributed by atoms with van der Waals surface area (Å²) >= 11 is 0. The average molecular weight is 266 g/mol. The molecule has 1 saturated heterocycles. The van der Waals surface area contributed by atoms with Crippen molar-refractivity contribution in [3.63, 3.8) is 0 Å². The number of rotatable bonds is 4. The number of carbonyl (C=O) groups excluding carboxylic acids is 1. The van der Waals surface area contributed by atoms with E-state index < -0.39 is 5.82 Å². The first kappa shape index (κ1) is 13.8. The molecule has 1 aromatic rings. The van der Waals surface area contributed by atoms with Crippen LogP contribution < -0.4 is 5.32 Å². The van der Waals surface area contributed by atoms with Crippen molar-refractivity contribution in [1.29, 1.82) is 0 Å². The lowest BCUT2D eigenvalue weighted by Gasteiger charge is -2.14. The lowest BCUT2D eigenvalue weighted by molar-refractivity contribution is 0.0944. The summed E-state index contributed by atoms with van der Waals surface area (Å²) in [7, 11) is 0. The fourth-order valence-electron chi connectivity index (χ4n) is 2.40. The molecule has 0 bridgehead atoms. The zero-order valence-electron chi connectivity index (χ0n) is 11.0. The molecule has 4 nitrogen and oxygen atoms in total. The molecule has 0 spiro atoms. The zero-order valence-corrected chi connectivity index (χ0v) is 11.0. The molecular weight excluding hydrogens is 247 g/mol. The Morgan fingerprint density at radius 3 is 3.00 bits per heavy atom. The van der Waals surface area contributed by atoms with Gasteiger partial charge in [0.15, 0.2) is 0 Å². The molecule has 0 radical (unpaired) electrons. The summed E-state index contributed by atoms with van der Waals surface area (Å²) < 4.78 is 12.8. The van der Waals surface area contributed by atoms with Crippen molar-refractivity contribution in [2.24, 2.45) is 5.92 Å². The minimum absolute atomic E-state index is 0.117. The predicted molar refractivity (Wildman–Crippen MR) is 70.6 cm³/mol. The molecule has 2 rings (SSSR count). The zero-order chi connectivity index (χ0) is 13.8. The number of halogens is 1. The Labute approximate surface area is 112 Å². The topological polar surface area (TPSA) is 52.6 Å². The summed E-state index contributed by atoms with van der Waals surface area (Å²) in [4.78, 5) is 14.2. The molecule has 1 aliphatic rings. The number of likely N-dealkylation sites (tertiary alicyclic amines) is 1. The van der Waals surface area contributed by atoms with E-state index in [1.54, 1.807) is 0 Å². The summed E-state index contributed by atoms with van der Waals surface area (Å²) in [6.45, 7) is 5.80. The average Bonchev–Trinajstić information content (AvgIpc) is 2.84. The van der Waals surface area contributed by atoms with Crippen molar-refractivity contribution in [2.45, 2.75) is 13.3 Å². The monoisotopic (exact) mass is 266 g/mol. The maximum atomic E-state index is 12.8. The van der Waals surface area contributed by atoms with Crippen LogP contribution in [0.15, 0.2) is 18.2 Å². The standard InChI is InChI=1S/C14H19FN2O2/c1-2-17-6-5-10(9-17)8-16-14(19)12-4-3-11(15)7-13(12)18/h3-4,7,10,18H,2,5-6,8-9H2,1H3,(H,16,19). The van der Waals surface area contributed by atoms with Crippen LogP contribution in [-0.2, 0) is 0 Å². The molecule has 19 heavy (non-hydrogen) atoms. The summed E-state index contributed by atoms with van der Waals surface area (Å²) in [6, 6.07) is 3.42. The van der Waals surface area contributed by atoms with Gasteiger partial charge in [-0.1, -0.05) is 6.92 Å². The number of hydrogen-bond donors (Lipinski definition) is 2. The summed E-state index contributed by atoms with van der Waals surface area (Å²) in [5.74, 6) is -0.776. The first-order valence-corrected chi connectivity index (χ1v) is 6.59. The van der Waals surface area contributed by atoms with Gasteiger partial charge in [-0.15, -0.1) is 0 Å². The maximum Gasteiger partial charge on any atom is 0.255 e. The second kappa shape index (κ2) is 6.02. The number of aromatic hydroxyl groups is 1. The summed E-state index contributed by atoms with van der Waals surface area (Å²) in [5, 5.41) is 12.3. The lowest BCUT2D eigenvalue weighted by Crippen LogP contribution is -2.31. The second-order valence-corrected chi connectivity index (χ2v) is 4.92. The Morgan fingerprint density at radius 2 is 2.37 bits per heavy atom. The molecule has 1 fully saturated rings. The van der Waals surface area contributed by atoms with Crippen molar-refractivity contribution in [2.75, 3.05) is 26.2 Å². The van der Waals surface area contributed by atoms with Crippen LogP contribution in [0.2, 0.25) is 0 Å². The highest BCUT2D eigenvalue weighted by Crippen LogP contribution is 2.19. The van der Waals surface area contributed by atoms with Crippen LogP contribution >= 0.6 is 0 Å². The van der Waals surface area contributed by atoms with Gasteiger partial charge in [-0.25, -0.2) is 4.39 Å². The van der Waals surface area contributed by atoms with E-state index in [-0.39, 0.29) is 17.2 Å². The van der Waals surface area contributed by atoms with Crippen molar-refractivity contribution in [1.82, 2.24) is 10.2 Å². The lowest BCUT2D eigenvalue weighted by atomic mass is 10.1. The van der Waals surface area contributed by atoms with Gasteiger partial charge in [0.05, 0.1) is 5.56 Å². The van der Waals surface area contributed by atoms with Crippen molar-refractivity contribution < 1.29 is 14.3 Å². The van der Waals surface area contributed by atoms with Gasteiger partial charge in [0, 0.05) is 19.2 Å². The van der Waals surface area contributed by atoms with Gasteiger partial charge in [0.2, 0.25) is 0 Å². The number of phenolic OH excluding ortho intramolecular Hbond substituents is 1. The number of nitrogens with one attached hydrogen (secondary N) is 1. The predicted octanol–water partition coefficient (Wildman–Crippen LogP) is 1.60. The van der Waals surface area contributed by atoms with E-state index in [1.807, 2.05) is 0 Å². The highest BCUT2D eigenvalue weighted by molar-refractivity contribution is 5.96. The Kier molecular flexibility index (Phi) is 4.37. The van der Waals surface area contributed by atoms with Gasteiger partial charge in [-0.2, -0.15) is 0 Å². The number of amides is 1. The highest BCUT2D eigenvalue weighted by atomic mass is 19.1. The molecule has 1 unspecified atom stereocenters. The van der Waals surface area contributed by atoms with Crippen molar-refractivity contribution >= 4 is 5.91 Å². The van der Waals surface area contributed by atoms with Gasteiger partial charge < -0.3 is 15.3 Å². The SMILES string of the molecule is CCN1CCC(CNC(=O)c2ccc(F)cc2O)C1. The van der Waals surface area contributed by atoms with E-state index in [2.05, 4.69) is 17.1 Å². The largest absolute Gasteiger partial charge is 0.507 e. The molecule has 2 N–H and O–H groups in total. The third-order valence-electron chi connectivity index (χ3n) is 3.57. The molecule has 1 amide bonds. The Morgan fingerprint density at radius 1 is 1.58 bits per heavy atom. The first-order valence-electron chi connectivity index (χ1n) is 6.59. The molecule has 0 aliphatic carbocycles. The molecule has 5 heteroatoms. The van der Waals surface area contributed by atoms with E-state index in [1.165, 1.54) is 12.1 Å². The Hall–Kier alpha value is -1.62. The number of phenols is 1. The molecule has 0 saturated carbocycles. The van der Waals surface area contributed by atoms with Crippen LogP contribution in [-0.4, -0.2) is 42.1 Å². The third kappa shape index (κ3) is 3.44. The quantitative estimate of drug-likeness (QED) is 0.870. The Bertz CT molecular complexity index is 465. The molecular formula is C14H19FN2O2. The van der Waals surface area contributed by atoms with Gasteiger partial charge in [0.25, 0.3) is 5.91 Å². The minimum atomic E-state index is -0.552. The van der Waals surface area contributed by atoms with Crippen molar-refractivity contribution in [3.8, 4) is 5.75 Å². The van der Waals surface area contributed by atoms with Crippen LogP contribution in [0.5, 0.6) is 5.75 Å². The van der Waals surface area contributed by atoms with Crippen molar-refractivity contribution in [3.05, 3.63) is 29.6 Å². The van der Waals surface area contributed by atoms with Gasteiger partial charge in [-0.05, 0) is 37.6 Å². The highest BCUT2D eigenvalue weighted by Gasteiger charge is 2.22. The number of hydrogen-bond acceptors (Lipinski definition) is 3. The van der Waals surface area contributed by atoms with Crippen LogP contribution in [0.3, 0.4) is 0 Å². The van der Waals surface area contributed by atoms with E-state index in [9.17, 15) is 14.3 Å². The second-order valence-electron chi connectivity index (χ2n) is 4.92. The molecule has 1 aliphatic heterocycles. The Balaban J connectivity index is 1.88. The number of benzene rings is 1. The van der Waals surface area contributed by atoms with Crippen LogP contribution in [0.1, 0.15) is 23.7 Å². The normalized spacial score (nSPS) is 19.6. The smallest absolute Gasteiger partial charge is 0.255 e. The summed E-state index contributed by atoms with van der Waals surface area (Å²) in [6.07, 6.45) is 1.07. The first-order chi connectivity index (χ1) is 9.10. The molecule has 0 aromatic heterocycles. The van der Waals surface area contributed by atoms with E-state index in [4.69, 9.17) is 0 Å². The van der Waals surface area contributed by atoms with E-state index in [0.29, 0.717) is 12.5 Å². The fourth-order valence-corrected chi connectivity index (χ4v) is 2.40. The molecule has 1 atom stereocenters. The summed E-state index contributed by atoms with van der Waals surface area (Å²) in [5.41, 5.74) is 0.117. The van der Waals surface area contributed by atoms with Crippen LogP contribution in [0, 0.1) is 11.7 Å². The van der Waals surface area contributed by atoms with E-state index in [0.717, 1.165) is 32.1 Å². The van der Waals surface area contributed by atoms with Gasteiger partial charge in [-0.3, -0.25) is 4.79 Å². The third-order valence-corrected chi connectivity index (χ3v) is 3.57. The van der Waals surface area contributed by atoms with Crippen LogP contribution in [0.4, 0.5) is 4.39 Å².